The van der Waals surface area contributed by atoms with E-state index in [0.717, 1.165) is 89.9 Å². The number of Topliss-reactive ketones (excluding diaryl/α,β-unsaturated/α-hetero) is 1. The van der Waals surface area contributed by atoms with Crippen LogP contribution in [0, 0.1) is 11.8 Å². The van der Waals surface area contributed by atoms with Gasteiger partial charge < -0.3 is 36.6 Å². The van der Waals surface area contributed by atoms with Crippen LogP contribution in [0.25, 0.3) is 0 Å². The van der Waals surface area contributed by atoms with Gasteiger partial charge in [-0.1, -0.05) is 90.9 Å². The molecule has 7 N–H and O–H groups in total. The molecule has 0 aromatic carbocycles. The van der Waals surface area contributed by atoms with E-state index in [0.29, 0.717) is 38.8 Å². The Labute approximate surface area is 333 Å². The van der Waals surface area contributed by atoms with Gasteiger partial charge in [-0.3, -0.25) is 28.8 Å². The number of rotatable bonds is 37. The van der Waals surface area contributed by atoms with Crippen LogP contribution in [0.5, 0.6) is 0 Å². The third kappa shape index (κ3) is 30.2. The summed E-state index contributed by atoms with van der Waals surface area (Å²) < 4.78 is 0. The number of carboxylic acids is 3. The maximum absolute atomic E-state index is 12.5. The molecule has 0 aliphatic rings. The number of amides is 4. The van der Waals surface area contributed by atoms with Crippen molar-refractivity contribution in [1.82, 2.24) is 21.3 Å². The van der Waals surface area contributed by atoms with Crippen LogP contribution in [-0.4, -0.2) is 87.8 Å². The molecule has 4 amide bonds. The molecule has 0 bridgehead atoms. The number of hydrogen-bond donors (Lipinski definition) is 7. The van der Waals surface area contributed by atoms with Crippen LogP contribution in [0.1, 0.15) is 175 Å². The van der Waals surface area contributed by atoms with Crippen LogP contribution in [0.3, 0.4) is 0 Å². The number of carboxylic acid groups (broad SMARTS) is 3. The summed E-state index contributed by atoms with van der Waals surface area (Å²) in [5, 5.41) is 38.2. The lowest BCUT2D eigenvalue weighted by Crippen LogP contribution is -2.44. The average molecular weight is 797 g/mol. The molecular weight excluding hydrogens is 724 g/mol. The first-order valence-electron chi connectivity index (χ1n) is 20.9. The van der Waals surface area contributed by atoms with Gasteiger partial charge in [0.15, 0.2) is 0 Å². The van der Waals surface area contributed by atoms with E-state index >= 15 is 0 Å². The molecule has 0 aromatic heterocycles. The van der Waals surface area contributed by atoms with E-state index in [4.69, 9.17) is 5.11 Å². The van der Waals surface area contributed by atoms with Gasteiger partial charge in [-0.05, 0) is 58.3 Å². The molecule has 0 spiro atoms. The summed E-state index contributed by atoms with van der Waals surface area (Å²) in [5.74, 6) is -4.86. The van der Waals surface area contributed by atoms with Gasteiger partial charge >= 0.3 is 17.9 Å². The van der Waals surface area contributed by atoms with Crippen molar-refractivity contribution < 1.29 is 53.7 Å². The summed E-state index contributed by atoms with van der Waals surface area (Å²) in [6.45, 7) is 6.26. The van der Waals surface area contributed by atoms with Crippen LogP contribution in [0.15, 0.2) is 0 Å². The highest BCUT2D eigenvalue weighted by Gasteiger charge is 2.24. The lowest BCUT2D eigenvalue weighted by Gasteiger charge is -2.17. The maximum Gasteiger partial charge on any atom is 0.326 e. The first-order valence-corrected chi connectivity index (χ1v) is 20.9. The lowest BCUT2D eigenvalue weighted by atomic mass is 10.0. The summed E-state index contributed by atoms with van der Waals surface area (Å²) in [4.78, 5) is 94.7. The normalized spacial score (nSPS) is 13.1. The minimum absolute atomic E-state index is 0.0323. The molecule has 0 fully saturated rings. The SMILES string of the molecule is CC(=O)[C@@H](C)CCCCNC(=O)[C@@H](C)CCCCNC(=O)CC[C@H](NC(=O)CC[C@H](NC(=O)CCCCCCCCCCCCCCC(=O)O)C(=O)O)C(=O)O. The molecular formula is C41H72N4O11. The largest absolute Gasteiger partial charge is 0.481 e. The molecule has 0 unspecified atom stereocenters. The van der Waals surface area contributed by atoms with Crippen LogP contribution in [-0.2, 0) is 38.4 Å². The van der Waals surface area contributed by atoms with Gasteiger partial charge in [0.25, 0.3) is 0 Å². The molecule has 56 heavy (non-hydrogen) atoms. The number of aliphatic carboxylic acids is 3. The van der Waals surface area contributed by atoms with E-state index < -0.39 is 41.8 Å². The Kier molecular flexibility index (Phi) is 30.7. The Morgan fingerprint density at radius 3 is 1.27 bits per heavy atom. The lowest BCUT2D eigenvalue weighted by molar-refractivity contribution is -0.143. The Morgan fingerprint density at radius 2 is 0.821 bits per heavy atom. The Hall–Kier alpha value is -4.04. The predicted molar refractivity (Wildman–Crippen MR) is 213 cm³/mol. The van der Waals surface area contributed by atoms with Crippen molar-refractivity contribution in [2.45, 2.75) is 187 Å². The highest BCUT2D eigenvalue weighted by Crippen LogP contribution is 2.14. The smallest absolute Gasteiger partial charge is 0.326 e. The molecule has 0 aliphatic heterocycles. The fourth-order valence-corrected chi connectivity index (χ4v) is 6.12. The first-order chi connectivity index (χ1) is 26.6. The third-order valence-corrected chi connectivity index (χ3v) is 10.0. The molecule has 0 aromatic rings. The number of nitrogens with one attached hydrogen (secondary N) is 4. The van der Waals surface area contributed by atoms with Crippen molar-refractivity contribution >= 4 is 47.3 Å². The zero-order valence-corrected chi connectivity index (χ0v) is 34.3. The van der Waals surface area contributed by atoms with Crippen LogP contribution >= 0.6 is 0 Å². The molecule has 4 atom stereocenters. The molecule has 15 heteroatoms. The first kappa shape index (κ1) is 52.0. The molecule has 0 heterocycles. The number of unbranched alkanes of at least 4 members (excludes halogenated alkanes) is 13. The summed E-state index contributed by atoms with van der Waals surface area (Å²) in [6.07, 6.45) is 16.0. The van der Waals surface area contributed by atoms with E-state index in [9.17, 15) is 48.6 Å². The van der Waals surface area contributed by atoms with Crippen LogP contribution < -0.4 is 21.3 Å². The van der Waals surface area contributed by atoms with Crippen LogP contribution in [0.4, 0.5) is 0 Å². The fourth-order valence-electron chi connectivity index (χ4n) is 6.12. The summed E-state index contributed by atoms with van der Waals surface area (Å²) in [7, 11) is 0. The molecule has 322 valence electrons. The van der Waals surface area contributed by atoms with E-state index in [1.54, 1.807) is 6.92 Å². The van der Waals surface area contributed by atoms with Crippen molar-refractivity contribution in [3.8, 4) is 0 Å². The molecule has 0 saturated heterocycles. The van der Waals surface area contributed by atoms with Crippen molar-refractivity contribution in [3.63, 3.8) is 0 Å². The minimum atomic E-state index is -1.34. The zero-order chi connectivity index (χ0) is 42.1. The van der Waals surface area contributed by atoms with Crippen molar-refractivity contribution in [1.29, 1.82) is 0 Å². The van der Waals surface area contributed by atoms with E-state index in [-0.39, 0.29) is 68.0 Å². The number of ketones is 1. The van der Waals surface area contributed by atoms with Gasteiger partial charge in [0.2, 0.25) is 23.6 Å². The highest BCUT2D eigenvalue weighted by molar-refractivity contribution is 5.86. The Morgan fingerprint density at radius 1 is 0.429 bits per heavy atom. The maximum atomic E-state index is 12.5. The minimum Gasteiger partial charge on any atom is -0.481 e. The standard InChI is InChI=1S/C41H72N4O11/c1-30(32(3)46)20-16-19-29-43-39(52)31(2)21-17-18-28-42-35(47)26-24-33(40(53)54)45-37(49)27-25-34(41(55)56)44-36(48)22-14-12-10-8-6-4-5-7-9-11-13-15-23-38(50)51/h30-31,33-34H,4-29H2,1-3H3,(H,42,47)(H,43,52)(H,44,48)(H,45,49)(H,50,51)(H,53,54)(H,55,56)/t30-,31-,33-,34-/m0/s1. The van der Waals surface area contributed by atoms with E-state index in [1.165, 1.54) is 0 Å². The zero-order valence-electron chi connectivity index (χ0n) is 34.3. The quantitative estimate of drug-likeness (QED) is 0.0378. The van der Waals surface area contributed by atoms with Gasteiger partial charge in [0.1, 0.15) is 17.9 Å². The monoisotopic (exact) mass is 797 g/mol. The second-order valence-corrected chi connectivity index (χ2v) is 15.2. The van der Waals surface area contributed by atoms with Crippen LogP contribution in [0.2, 0.25) is 0 Å². The second-order valence-electron chi connectivity index (χ2n) is 15.2. The van der Waals surface area contributed by atoms with Crippen molar-refractivity contribution in [2.75, 3.05) is 13.1 Å². The number of hydrogen-bond acceptors (Lipinski definition) is 8. The highest BCUT2D eigenvalue weighted by atomic mass is 16.4. The fraction of sp³-hybridized carbons (Fsp3) is 0.805. The summed E-state index contributed by atoms with van der Waals surface area (Å²) >= 11 is 0. The topological polar surface area (TPSA) is 245 Å². The van der Waals surface area contributed by atoms with Gasteiger partial charge in [-0.25, -0.2) is 9.59 Å². The van der Waals surface area contributed by atoms with Gasteiger partial charge in [0.05, 0.1) is 0 Å². The number of carbonyl (C=O) groups excluding carboxylic acids is 5. The molecule has 0 saturated carbocycles. The predicted octanol–water partition coefficient (Wildman–Crippen LogP) is 5.67. The summed E-state index contributed by atoms with van der Waals surface area (Å²) in [6, 6.07) is -2.64. The Bertz CT molecular complexity index is 1200. The second kappa shape index (κ2) is 33.1. The molecule has 0 aliphatic carbocycles. The number of carbonyl (C=O) groups is 8. The van der Waals surface area contributed by atoms with E-state index in [1.807, 2.05) is 13.8 Å². The molecule has 15 nitrogen and oxygen atoms in total. The Balaban J connectivity index is 4.16. The van der Waals surface area contributed by atoms with Gasteiger partial charge in [-0.15, -0.1) is 0 Å². The van der Waals surface area contributed by atoms with Gasteiger partial charge in [-0.2, -0.15) is 0 Å². The molecule has 0 rings (SSSR count). The van der Waals surface area contributed by atoms with Crippen molar-refractivity contribution in [2.24, 2.45) is 11.8 Å². The molecule has 0 radical (unpaired) electrons. The van der Waals surface area contributed by atoms with E-state index in [2.05, 4.69) is 21.3 Å². The third-order valence-electron chi connectivity index (χ3n) is 10.0. The average Bonchev–Trinajstić information content (AvgIpc) is 3.13. The van der Waals surface area contributed by atoms with Gasteiger partial charge in [0, 0.05) is 50.6 Å². The summed E-state index contributed by atoms with van der Waals surface area (Å²) in [5.41, 5.74) is 0. The van der Waals surface area contributed by atoms with Crippen molar-refractivity contribution in [3.05, 3.63) is 0 Å².